The summed E-state index contributed by atoms with van der Waals surface area (Å²) in [6, 6.07) is 0. The molecule has 0 fully saturated rings. The van der Waals surface area contributed by atoms with Crippen LogP contribution in [0.1, 0.15) is 56.5 Å². The van der Waals surface area contributed by atoms with E-state index in [-0.39, 0.29) is 5.91 Å². The van der Waals surface area contributed by atoms with Crippen molar-refractivity contribution in [1.29, 1.82) is 0 Å². The van der Waals surface area contributed by atoms with Crippen LogP contribution in [-0.4, -0.2) is 10.9 Å². The smallest absolute Gasteiger partial charge is 0.226 e. The minimum Gasteiger partial charge on any atom is -0.302 e. The minimum atomic E-state index is 0.114. The van der Waals surface area contributed by atoms with Crippen LogP contribution in [0.2, 0.25) is 0 Å². The van der Waals surface area contributed by atoms with Gasteiger partial charge in [-0.15, -0.1) is 11.3 Å². The van der Waals surface area contributed by atoms with Crippen LogP contribution in [0.5, 0.6) is 0 Å². The van der Waals surface area contributed by atoms with Gasteiger partial charge in [0.25, 0.3) is 0 Å². The SMILES string of the molecule is CCCCCC(=O)Nc1nc2c(s1)CC(C)CC2. The van der Waals surface area contributed by atoms with Gasteiger partial charge < -0.3 is 5.32 Å². The van der Waals surface area contributed by atoms with E-state index < -0.39 is 0 Å². The van der Waals surface area contributed by atoms with Gasteiger partial charge in [0.05, 0.1) is 5.69 Å². The van der Waals surface area contributed by atoms with Crippen LogP contribution < -0.4 is 5.32 Å². The third-order valence-electron chi connectivity index (χ3n) is 3.44. The Labute approximate surface area is 113 Å². The number of nitrogens with zero attached hydrogens (tertiary/aromatic N) is 1. The van der Waals surface area contributed by atoms with Gasteiger partial charge in [0.2, 0.25) is 5.91 Å². The van der Waals surface area contributed by atoms with Gasteiger partial charge in [-0.2, -0.15) is 0 Å². The zero-order valence-corrected chi connectivity index (χ0v) is 12.1. The number of aryl methyl sites for hydroxylation is 1. The van der Waals surface area contributed by atoms with Crippen LogP contribution in [0.3, 0.4) is 0 Å². The van der Waals surface area contributed by atoms with Gasteiger partial charge in [-0.05, 0) is 31.6 Å². The summed E-state index contributed by atoms with van der Waals surface area (Å²) in [6.45, 7) is 4.43. The van der Waals surface area contributed by atoms with E-state index >= 15 is 0 Å². The Morgan fingerprint density at radius 2 is 2.33 bits per heavy atom. The second-order valence-electron chi connectivity index (χ2n) is 5.24. The molecule has 0 radical (unpaired) electrons. The van der Waals surface area contributed by atoms with Gasteiger partial charge in [0, 0.05) is 11.3 Å². The van der Waals surface area contributed by atoms with E-state index in [4.69, 9.17) is 0 Å². The molecular weight excluding hydrogens is 244 g/mol. The number of carbonyl (C=O) groups is 1. The lowest BCUT2D eigenvalue weighted by atomic mass is 9.93. The molecule has 0 aromatic carbocycles. The molecule has 0 saturated heterocycles. The summed E-state index contributed by atoms with van der Waals surface area (Å²) in [5.74, 6) is 0.869. The third kappa shape index (κ3) is 3.55. The Bertz CT molecular complexity index is 414. The van der Waals surface area contributed by atoms with Crippen LogP contribution in [0, 0.1) is 5.92 Å². The molecule has 4 heteroatoms. The molecule has 1 amide bonds. The van der Waals surface area contributed by atoms with Gasteiger partial charge in [-0.1, -0.05) is 26.7 Å². The second kappa shape index (κ2) is 6.32. The number of unbranched alkanes of at least 4 members (excludes halogenated alkanes) is 2. The first-order valence-corrected chi connectivity index (χ1v) is 7.79. The molecule has 2 rings (SSSR count). The Morgan fingerprint density at radius 1 is 1.50 bits per heavy atom. The molecule has 1 heterocycles. The number of anilines is 1. The lowest BCUT2D eigenvalue weighted by Crippen LogP contribution is -2.11. The Hall–Kier alpha value is -0.900. The standard InChI is InChI=1S/C14H22N2OS/c1-3-4-5-6-13(17)16-14-15-11-8-7-10(2)9-12(11)18-14/h10H,3-9H2,1-2H3,(H,15,16,17). The fourth-order valence-electron chi connectivity index (χ4n) is 2.31. The lowest BCUT2D eigenvalue weighted by molar-refractivity contribution is -0.116. The first-order valence-electron chi connectivity index (χ1n) is 6.97. The highest BCUT2D eigenvalue weighted by Crippen LogP contribution is 2.32. The summed E-state index contributed by atoms with van der Waals surface area (Å²) < 4.78 is 0. The zero-order valence-electron chi connectivity index (χ0n) is 11.3. The molecule has 1 aliphatic carbocycles. The van der Waals surface area contributed by atoms with Crippen molar-refractivity contribution in [3.8, 4) is 0 Å². The average Bonchev–Trinajstić information content (AvgIpc) is 2.70. The normalized spacial score (nSPS) is 18.4. The number of nitrogens with one attached hydrogen (secondary N) is 1. The van der Waals surface area contributed by atoms with Gasteiger partial charge in [-0.25, -0.2) is 4.98 Å². The highest BCUT2D eigenvalue weighted by Gasteiger charge is 2.20. The van der Waals surface area contributed by atoms with Crippen LogP contribution in [-0.2, 0) is 17.6 Å². The summed E-state index contributed by atoms with van der Waals surface area (Å²) in [5.41, 5.74) is 1.21. The molecule has 1 aromatic rings. The first-order chi connectivity index (χ1) is 8.69. The summed E-state index contributed by atoms with van der Waals surface area (Å²) >= 11 is 1.66. The second-order valence-corrected chi connectivity index (χ2v) is 6.33. The van der Waals surface area contributed by atoms with E-state index in [0.29, 0.717) is 6.42 Å². The van der Waals surface area contributed by atoms with Crippen molar-refractivity contribution in [2.45, 2.75) is 58.8 Å². The maximum Gasteiger partial charge on any atom is 0.226 e. The molecule has 1 aliphatic rings. The van der Waals surface area contributed by atoms with E-state index in [2.05, 4.69) is 24.1 Å². The Balaban J connectivity index is 1.88. The summed E-state index contributed by atoms with van der Waals surface area (Å²) in [5, 5.41) is 3.74. The van der Waals surface area contributed by atoms with E-state index in [1.165, 1.54) is 17.0 Å². The van der Waals surface area contributed by atoms with Crippen molar-refractivity contribution in [3.63, 3.8) is 0 Å². The molecule has 1 unspecified atom stereocenters. The van der Waals surface area contributed by atoms with Gasteiger partial charge in [-0.3, -0.25) is 4.79 Å². The number of hydrogen-bond donors (Lipinski definition) is 1. The summed E-state index contributed by atoms with van der Waals surface area (Å²) in [6.07, 6.45) is 7.28. The van der Waals surface area contributed by atoms with Crippen molar-refractivity contribution in [2.24, 2.45) is 5.92 Å². The molecular formula is C14H22N2OS. The van der Waals surface area contributed by atoms with Gasteiger partial charge >= 0.3 is 0 Å². The monoisotopic (exact) mass is 266 g/mol. The Morgan fingerprint density at radius 3 is 3.11 bits per heavy atom. The Kier molecular flexibility index (Phi) is 4.75. The van der Waals surface area contributed by atoms with Crippen molar-refractivity contribution in [1.82, 2.24) is 4.98 Å². The average molecular weight is 266 g/mol. The number of fused-ring (bicyclic) bond motifs is 1. The topological polar surface area (TPSA) is 42.0 Å². The van der Waals surface area contributed by atoms with Crippen LogP contribution in [0.4, 0.5) is 5.13 Å². The van der Waals surface area contributed by atoms with Crippen LogP contribution >= 0.6 is 11.3 Å². The number of hydrogen-bond acceptors (Lipinski definition) is 3. The number of thiazole rings is 1. The van der Waals surface area contributed by atoms with E-state index in [0.717, 1.165) is 43.2 Å². The predicted octanol–water partition coefficient (Wildman–Crippen LogP) is 3.79. The minimum absolute atomic E-state index is 0.114. The molecule has 1 aromatic heterocycles. The maximum atomic E-state index is 11.7. The maximum absolute atomic E-state index is 11.7. The van der Waals surface area contributed by atoms with E-state index in [9.17, 15) is 4.79 Å². The molecule has 0 bridgehead atoms. The van der Waals surface area contributed by atoms with Crippen molar-refractivity contribution in [3.05, 3.63) is 10.6 Å². The fourth-order valence-corrected chi connectivity index (χ4v) is 3.50. The van der Waals surface area contributed by atoms with Gasteiger partial charge in [0.1, 0.15) is 0 Å². The van der Waals surface area contributed by atoms with E-state index in [1.807, 2.05) is 0 Å². The summed E-state index contributed by atoms with van der Waals surface area (Å²) in [4.78, 5) is 17.6. The summed E-state index contributed by atoms with van der Waals surface area (Å²) in [7, 11) is 0. The molecule has 18 heavy (non-hydrogen) atoms. The number of amides is 1. The molecule has 3 nitrogen and oxygen atoms in total. The van der Waals surface area contributed by atoms with Crippen molar-refractivity contribution < 1.29 is 4.79 Å². The largest absolute Gasteiger partial charge is 0.302 e. The van der Waals surface area contributed by atoms with E-state index in [1.54, 1.807) is 11.3 Å². The van der Waals surface area contributed by atoms with Crippen molar-refractivity contribution in [2.75, 3.05) is 5.32 Å². The quantitative estimate of drug-likeness (QED) is 0.824. The lowest BCUT2D eigenvalue weighted by Gasteiger charge is -2.15. The predicted molar refractivity (Wildman–Crippen MR) is 76.1 cm³/mol. The molecule has 100 valence electrons. The van der Waals surface area contributed by atoms with Crippen molar-refractivity contribution >= 4 is 22.4 Å². The number of rotatable bonds is 5. The molecule has 0 spiro atoms. The number of carbonyl (C=O) groups excluding carboxylic acids is 1. The molecule has 1 atom stereocenters. The van der Waals surface area contributed by atoms with Crippen LogP contribution in [0.25, 0.3) is 0 Å². The highest BCUT2D eigenvalue weighted by atomic mass is 32.1. The molecule has 1 N–H and O–H groups in total. The van der Waals surface area contributed by atoms with Gasteiger partial charge in [0.15, 0.2) is 5.13 Å². The fraction of sp³-hybridized carbons (Fsp3) is 0.714. The highest BCUT2D eigenvalue weighted by molar-refractivity contribution is 7.15. The zero-order chi connectivity index (χ0) is 13.0. The number of aromatic nitrogens is 1. The third-order valence-corrected chi connectivity index (χ3v) is 4.48. The molecule has 0 saturated carbocycles. The first kappa shape index (κ1) is 13.5. The molecule has 0 aliphatic heterocycles. The van der Waals surface area contributed by atoms with Crippen LogP contribution in [0.15, 0.2) is 0 Å².